The van der Waals surface area contributed by atoms with E-state index in [1.165, 1.54) is 13.8 Å². The Morgan fingerprint density at radius 3 is 2.48 bits per heavy atom. The number of benzene rings is 1. The summed E-state index contributed by atoms with van der Waals surface area (Å²) in [6.07, 6.45) is 3.56. The first-order valence-electron chi connectivity index (χ1n) is 6.51. The number of aromatic nitrogens is 2. The molecule has 0 atom stereocenters. The first-order chi connectivity index (χ1) is 9.88. The van der Waals surface area contributed by atoms with E-state index in [0.29, 0.717) is 12.1 Å². The lowest BCUT2D eigenvalue weighted by atomic mass is 10.0. The molecule has 0 saturated carbocycles. The zero-order valence-electron chi connectivity index (χ0n) is 11.9. The monoisotopic (exact) mass is 287 g/mol. The molecule has 2 N–H and O–H groups in total. The van der Waals surface area contributed by atoms with E-state index >= 15 is 0 Å². The number of aliphatic carboxylic acids is 1. The Balaban J connectivity index is 2.05. The number of amides is 1. The van der Waals surface area contributed by atoms with Crippen molar-refractivity contribution in [2.75, 3.05) is 0 Å². The maximum Gasteiger partial charge on any atom is 0.328 e. The van der Waals surface area contributed by atoms with Crippen LogP contribution in [0.25, 0.3) is 0 Å². The first-order valence-corrected chi connectivity index (χ1v) is 6.51. The fourth-order valence-corrected chi connectivity index (χ4v) is 1.75. The maximum atomic E-state index is 12.0. The smallest absolute Gasteiger partial charge is 0.328 e. The van der Waals surface area contributed by atoms with Crippen LogP contribution in [0.15, 0.2) is 42.7 Å². The van der Waals surface area contributed by atoms with Gasteiger partial charge in [0, 0.05) is 18.0 Å². The van der Waals surface area contributed by atoms with Gasteiger partial charge in [0.05, 0.1) is 6.54 Å². The van der Waals surface area contributed by atoms with E-state index in [9.17, 15) is 9.59 Å². The van der Waals surface area contributed by atoms with Crippen LogP contribution in [-0.4, -0.2) is 32.3 Å². The molecule has 6 heteroatoms. The Morgan fingerprint density at radius 1 is 1.29 bits per heavy atom. The molecule has 0 unspecified atom stereocenters. The van der Waals surface area contributed by atoms with Crippen LogP contribution >= 0.6 is 0 Å². The van der Waals surface area contributed by atoms with Crippen molar-refractivity contribution in [2.45, 2.75) is 25.9 Å². The van der Waals surface area contributed by atoms with Crippen LogP contribution in [-0.2, 0) is 11.3 Å². The average Bonchev–Trinajstić information content (AvgIpc) is 2.91. The van der Waals surface area contributed by atoms with Gasteiger partial charge in [0.25, 0.3) is 5.91 Å². The fourth-order valence-electron chi connectivity index (χ4n) is 1.75. The fraction of sp³-hybridized carbons (Fsp3) is 0.267. The van der Waals surface area contributed by atoms with Crippen molar-refractivity contribution in [2.24, 2.45) is 0 Å². The number of carboxylic acid groups (broad SMARTS) is 1. The van der Waals surface area contributed by atoms with Crippen molar-refractivity contribution in [3.05, 3.63) is 53.9 Å². The van der Waals surface area contributed by atoms with Crippen LogP contribution in [0.5, 0.6) is 0 Å². The lowest BCUT2D eigenvalue weighted by molar-refractivity contribution is -0.143. The van der Waals surface area contributed by atoms with Gasteiger partial charge in [-0.05, 0) is 37.6 Å². The maximum absolute atomic E-state index is 12.0. The molecule has 2 rings (SSSR count). The van der Waals surface area contributed by atoms with Gasteiger partial charge >= 0.3 is 5.97 Å². The molecule has 0 spiro atoms. The third-order valence-electron chi connectivity index (χ3n) is 3.08. The summed E-state index contributed by atoms with van der Waals surface area (Å²) < 4.78 is 1.78. The first kappa shape index (κ1) is 14.8. The highest BCUT2D eigenvalue weighted by molar-refractivity contribution is 5.97. The second-order valence-electron chi connectivity index (χ2n) is 5.28. The molecule has 0 aliphatic rings. The van der Waals surface area contributed by atoms with Gasteiger partial charge in [-0.3, -0.25) is 9.48 Å². The number of nitrogens with one attached hydrogen (secondary N) is 1. The molecule has 1 heterocycles. The number of hydrogen-bond donors (Lipinski definition) is 2. The second-order valence-corrected chi connectivity index (χ2v) is 5.28. The van der Waals surface area contributed by atoms with Gasteiger partial charge in [-0.25, -0.2) is 4.79 Å². The highest BCUT2D eigenvalue weighted by Crippen LogP contribution is 2.09. The summed E-state index contributed by atoms with van der Waals surface area (Å²) in [5.74, 6) is -1.49. The minimum absolute atomic E-state index is 0.409. The molecule has 0 fully saturated rings. The molecular weight excluding hydrogens is 270 g/mol. The summed E-state index contributed by atoms with van der Waals surface area (Å²) in [7, 11) is 0. The average molecular weight is 287 g/mol. The van der Waals surface area contributed by atoms with Gasteiger partial charge in [0.2, 0.25) is 0 Å². The van der Waals surface area contributed by atoms with Gasteiger partial charge in [-0.2, -0.15) is 5.10 Å². The normalized spacial score (nSPS) is 11.1. The molecule has 6 nitrogen and oxygen atoms in total. The van der Waals surface area contributed by atoms with E-state index in [1.54, 1.807) is 23.0 Å². The number of carbonyl (C=O) groups excluding carboxylic acids is 1. The van der Waals surface area contributed by atoms with Gasteiger partial charge in [-0.15, -0.1) is 0 Å². The zero-order chi connectivity index (χ0) is 15.5. The molecule has 0 saturated heterocycles. The molecule has 110 valence electrons. The van der Waals surface area contributed by atoms with Gasteiger partial charge in [-0.1, -0.05) is 12.1 Å². The Morgan fingerprint density at radius 2 is 1.95 bits per heavy atom. The number of nitrogens with zero attached hydrogens (tertiary/aromatic N) is 2. The van der Waals surface area contributed by atoms with Crippen molar-refractivity contribution in [1.82, 2.24) is 15.1 Å². The van der Waals surface area contributed by atoms with Crippen molar-refractivity contribution >= 4 is 11.9 Å². The highest BCUT2D eigenvalue weighted by atomic mass is 16.4. The molecule has 1 aromatic heterocycles. The van der Waals surface area contributed by atoms with E-state index in [4.69, 9.17) is 5.11 Å². The molecule has 1 aromatic carbocycles. The topological polar surface area (TPSA) is 84.2 Å². The summed E-state index contributed by atoms with van der Waals surface area (Å²) >= 11 is 0. The molecule has 1 amide bonds. The number of rotatable bonds is 5. The minimum Gasteiger partial charge on any atom is -0.480 e. The Labute approximate surface area is 122 Å². The lowest BCUT2D eigenvalue weighted by Gasteiger charge is -2.21. The van der Waals surface area contributed by atoms with Gasteiger partial charge in [0.15, 0.2) is 0 Å². The van der Waals surface area contributed by atoms with Crippen molar-refractivity contribution in [3.8, 4) is 0 Å². The van der Waals surface area contributed by atoms with Crippen LogP contribution in [0.1, 0.15) is 29.8 Å². The van der Waals surface area contributed by atoms with Crippen LogP contribution in [0, 0.1) is 0 Å². The minimum atomic E-state index is -1.30. The summed E-state index contributed by atoms with van der Waals surface area (Å²) in [6.45, 7) is 3.51. The zero-order valence-corrected chi connectivity index (χ0v) is 11.9. The third kappa shape index (κ3) is 3.68. The Bertz CT molecular complexity index is 631. The number of carbonyl (C=O) groups is 2. The van der Waals surface area contributed by atoms with Crippen LogP contribution < -0.4 is 5.32 Å². The van der Waals surface area contributed by atoms with E-state index < -0.39 is 17.4 Å². The molecular formula is C15H17N3O3. The van der Waals surface area contributed by atoms with Crippen molar-refractivity contribution in [1.29, 1.82) is 0 Å². The molecule has 0 radical (unpaired) electrons. The van der Waals surface area contributed by atoms with Crippen LogP contribution in [0.2, 0.25) is 0 Å². The van der Waals surface area contributed by atoms with Crippen molar-refractivity contribution < 1.29 is 14.7 Å². The lowest BCUT2D eigenvalue weighted by Crippen LogP contribution is -2.49. The van der Waals surface area contributed by atoms with Crippen molar-refractivity contribution in [3.63, 3.8) is 0 Å². The van der Waals surface area contributed by atoms with E-state index in [2.05, 4.69) is 10.4 Å². The Hall–Kier alpha value is -2.63. The van der Waals surface area contributed by atoms with Crippen LogP contribution in [0.3, 0.4) is 0 Å². The van der Waals surface area contributed by atoms with Gasteiger partial charge in [0.1, 0.15) is 5.54 Å². The quantitative estimate of drug-likeness (QED) is 0.873. The van der Waals surface area contributed by atoms with Crippen LogP contribution in [0.4, 0.5) is 0 Å². The molecule has 0 aliphatic heterocycles. The number of hydrogen-bond acceptors (Lipinski definition) is 3. The summed E-state index contributed by atoms with van der Waals surface area (Å²) in [5, 5.41) is 15.6. The summed E-state index contributed by atoms with van der Waals surface area (Å²) in [5.41, 5.74) is 0.131. The highest BCUT2D eigenvalue weighted by Gasteiger charge is 2.29. The molecule has 21 heavy (non-hydrogen) atoms. The molecule has 0 bridgehead atoms. The summed E-state index contributed by atoms with van der Waals surface area (Å²) in [4.78, 5) is 23.0. The van der Waals surface area contributed by atoms with E-state index in [1.807, 2.05) is 24.4 Å². The van der Waals surface area contributed by atoms with Gasteiger partial charge < -0.3 is 10.4 Å². The molecule has 2 aromatic rings. The third-order valence-corrected chi connectivity index (χ3v) is 3.08. The largest absolute Gasteiger partial charge is 0.480 e. The van der Waals surface area contributed by atoms with E-state index in [0.717, 1.165) is 5.56 Å². The number of carboxylic acids is 1. The SMILES string of the molecule is CC(C)(NC(=O)c1ccc(Cn2cccn2)cc1)C(=O)O. The predicted molar refractivity (Wildman–Crippen MR) is 77.0 cm³/mol. The molecule has 0 aliphatic carbocycles. The standard InChI is InChI=1S/C15H17N3O3/c1-15(2,14(20)21)17-13(19)12-6-4-11(5-7-12)10-18-9-3-8-16-18/h3-9H,10H2,1-2H3,(H,17,19)(H,20,21). The second kappa shape index (κ2) is 5.78. The summed E-state index contributed by atoms with van der Waals surface area (Å²) in [6, 6.07) is 8.84. The predicted octanol–water partition coefficient (Wildman–Crippen LogP) is 1.52. The van der Waals surface area contributed by atoms with E-state index in [-0.39, 0.29) is 0 Å². The Kier molecular flexibility index (Phi) is 4.07.